The first-order chi connectivity index (χ1) is 25.8. The minimum absolute atomic E-state index is 0.810. The molecule has 0 saturated heterocycles. The Morgan fingerprint density at radius 3 is 1.38 bits per heavy atom. The lowest BCUT2D eigenvalue weighted by atomic mass is 9.84. The lowest BCUT2D eigenvalue weighted by Gasteiger charge is -2.21. The molecule has 0 amide bonds. The van der Waals surface area contributed by atoms with Crippen LogP contribution in [0.15, 0.2) is 158 Å². The van der Waals surface area contributed by atoms with Crippen molar-refractivity contribution in [3.63, 3.8) is 0 Å². The number of fused-ring (bicyclic) bond motifs is 3. The molecular formula is C45H31N5S2. The van der Waals surface area contributed by atoms with E-state index >= 15 is 0 Å². The van der Waals surface area contributed by atoms with E-state index in [0.29, 0.717) is 0 Å². The molecule has 248 valence electrons. The number of para-hydroxylation sites is 2. The third-order valence-electron chi connectivity index (χ3n) is 9.08. The van der Waals surface area contributed by atoms with Crippen molar-refractivity contribution in [3.8, 4) is 22.3 Å². The second-order valence-corrected chi connectivity index (χ2v) is 14.1. The predicted molar refractivity (Wildman–Crippen MR) is 221 cm³/mol. The number of rotatable bonds is 9. The molecule has 0 fully saturated rings. The van der Waals surface area contributed by atoms with E-state index in [0.717, 1.165) is 37.6 Å². The van der Waals surface area contributed by atoms with Gasteiger partial charge in [0.1, 0.15) is 5.01 Å². The van der Waals surface area contributed by atoms with Crippen LogP contribution in [0.2, 0.25) is 0 Å². The second-order valence-electron chi connectivity index (χ2n) is 12.3. The van der Waals surface area contributed by atoms with Crippen LogP contribution < -0.4 is 4.90 Å². The zero-order chi connectivity index (χ0) is 34.7. The van der Waals surface area contributed by atoms with E-state index in [4.69, 9.17) is 0 Å². The standard InChI is InChI=1S/C45H31N5S2/c1-5-13-33(14-6-1)43-37-25-21-31(23-27-41-46-48-45(51-41)50(35-17-9-3-10-18-35)36-19-11-4-12-20-36)29-39(37)40-30-32(24-28-42-47-49-52-42)22-26-38(40)44(43)34-15-7-2-8-16-34/h1-30,49H/b27-23+,28-24+. The number of H-pyrrole nitrogens is 1. The summed E-state index contributed by atoms with van der Waals surface area (Å²) in [6.07, 6.45) is 8.40. The van der Waals surface area contributed by atoms with Crippen LogP contribution in [0, 0.1) is 0 Å². The van der Waals surface area contributed by atoms with E-state index in [2.05, 4.69) is 170 Å². The molecule has 0 aliphatic heterocycles. The molecule has 0 aliphatic carbocycles. The monoisotopic (exact) mass is 705 g/mol. The summed E-state index contributed by atoms with van der Waals surface area (Å²) in [5, 5.41) is 20.9. The van der Waals surface area contributed by atoms with E-state index in [1.54, 1.807) is 11.3 Å². The van der Waals surface area contributed by atoms with Gasteiger partial charge < -0.3 is 0 Å². The first-order valence-electron chi connectivity index (χ1n) is 17.0. The van der Waals surface area contributed by atoms with Crippen molar-refractivity contribution in [2.45, 2.75) is 0 Å². The summed E-state index contributed by atoms with van der Waals surface area (Å²) in [6, 6.07) is 55.6. The molecule has 52 heavy (non-hydrogen) atoms. The van der Waals surface area contributed by atoms with Crippen molar-refractivity contribution in [1.82, 2.24) is 19.8 Å². The number of nitrogens with one attached hydrogen (secondary N) is 1. The highest BCUT2D eigenvalue weighted by Gasteiger charge is 2.19. The van der Waals surface area contributed by atoms with Gasteiger partial charge >= 0.3 is 0 Å². The van der Waals surface area contributed by atoms with Crippen molar-refractivity contribution in [2.75, 3.05) is 4.90 Å². The van der Waals surface area contributed by atoms with Crippen molar-refractivity contribution in [1.29, 1.82) is 0 Å². The molecule has 0 radical (unpaired) electrons. The summed E-state index contributed by atoms with van der Waals surface area (Å²) in [4.78, 5) is 2.14. The molecule has 0 saturated carbocycles. The van der Waals surface area contributed by atoms with Gasteiger partial charge in [-0.1, -0.05) is 145 Å². The Hall–Kier alpha value is -6.41. The van der Waals surface area contributed by atoms with E-state index in [9.17, 15) is 0 Å². The summed E-state index contributed by atoms with van der Waals surface area (Å²) < 4.78 is 2.89. The summed E-state index contributed by atoms with van der Waals surface area (Å²) in [5.41, 5.74) is 9.14. The molecule has 5 nitrogen and oxygen atoms in total. The van der Waals surface area contributed by atoms with Gasteiger partial charge in [0.15, 0.2) is 5.01 Å². The van der Waals surface area contributed by atoms with Gasteiger partial charge in [-0.3, -0.25) is 4.90 Å². The quantitative estimate of drug-likeness (QED) is 0.152. The Morgan fingerprint density at radius 2 is 0.923 bits per heavy atom. The predicted octanol–water partition coefficient (Wildman–Crippen LogP) is 12.8. The SMILES string of the molecule is C(=C\c1n[nH]s1)/c1ccc2c(-c3ccccc3)c(-c3ccccc3)c3ccc(/C=C/c4nnc(N(c5ccccc5)c5ccccc5)s4)cc3c2c1. The topological polar surface area (TPSA) is 57.7 Å². The number of hydrogen-bond donors (Lipinski definition) is 1. The lowest BCUT2D eigenvalue weighted by molar-refractivity contribution is 1.05. The first kappa shape index (κ1) is 31.6. The van der Waals surface area contributed by atoms with Gasteiger partial charge in [-0.05, 0) is 115 Å². The van der Waals surface area contributed by atoms with Crippen molar-refractivity contribution < 1.29 is 0 Å². The average Bonchev–Trinajstić information content (AvgIpc) is 3.66. The van der Waals surface area contributed by atoms with Crippen LogP contribution in [0.1, 0.15) is 21.1 Å². The van der Waals surface area contributed by atoms with Gasteiger partial charge in [0.05, 0.1) is 0 Å². The number of benzene rings is 7. The van der Waals surface area contributed by atoms with Gasteiger partial charge in [0.2, 0.25) is 5.13 Å². The largest absolute Gasteiger partial charge is 0.285 e. The summed E-state index contributed by atoms with van der Waals surface area (Å²) in [5.74, 6) is 0. The van der Waals surface area contributed by atoms with E-state index < -0.39 is 0 Å². The molecule has 0 spiro atoms. The number of aromatic nitrogens is 4. The normalized spacial score (nSPS) is 11.7. The highest BCUT2D eigenvalue weighted by Crippen LogP contribution is 2.45. The number of nitrogens with zero attached hydrogens (tertiary/aromatic N) is 4. The molecule has 9 aromatic rings. The Morgan fingerprint density at radius 1 is 0.462 bits per heavy atom. The van der Waals surface area contributed by atoms with Crippen LogP contribution in [0.3, 0.4) is 0 Å². The highest BCUT2D eigenvalue weighted by molar-refractivity contribution is 7.16. The Bertz CT molecular complexity index is 2630. The van der Waals surface area contributed by atoms with Gasteiger partial charge in [-0.2, -0.15) is 5.10 Å². The van der Waals surface area contributed by atoms with Crippen LogP contribution >= 0.6 is 22.9 Å². The summed E-state index contributed by atoms with van der Waals surface area (Å²) in [6.45, 7) is 0. The smallest absolute Gasteiger partial charge is 0.217 e. The first-order valence-corrected chi connectivity index (χ1v) is 18.7. The Labute approximate surface area is 309 Å². The molecule has 1 N–H and O–H groups in total. The van der Waals surface area contributed by atoms with Gasteiger partial charge in [0.25, 0.3) is 0 Å². The zero-order valence-electron chi connectivity index (χ0n) is 27.9. The molecule has 0 bridgehead atoms. The third kappa shape index (κ3) is 6.24. The minimum Gasteiger partial charge on any atom is -0.285 e. The molecule has 7 heteroatoms. The minimum atomic E-state index is 0.810. The summed E-state index contributed by atoms with van der Waals surface area (Å²) >= 11 is 3.10. The van der Waals surface area contributed by atoms with E-state index in [1.165, 1.54) is 55.3 Å². The highest BCUT2D eigenvalue weighted by atomic mass is 32.1. The Balaban J connectivity index is 1.18. The van der Waals surface area contributed by atoms with Crippen LogP contribution in [0.4, 0.5) is 16.5 Å². The number of hydrogen-bond acceptors (Lipinski definition) is 6. The van der Waals surface area contributed by atoms with Crippen LogP contribution in [0.5, 0.6) is 0 Å². The fourth-order valence-corrected chi connectivity index (χ4v) is 7.83. The molecule has 0 atom stereocenters. The second kappa shape index (κ2) is 14.1. The lowest BCUT2D eigenvalue weighted by Crippen LogP contribution is -2.09. The van der Waals surface area contributed by atoms with Crippen molar-refractivity contribution >= 4 is 85.2 Å². The number of anilines is 3. The molecule has 7 aromatic carbocycles. The van der Waals surface area contributed by atoms with Crippen LogP contribution in [-0.2, 0) is 0 Å². The molecular weight excluding hydrogens is 675 g/mol. The number of aromatic amines is 1. The average molecular weight is 706 g/mol. The maximum atomic E-state index is 4.63. The van der Waals surface area contributed by atoms with Crippen molar-refractivity contribution in [3.05, 3.63) is 179 Å². The maximum Gasteiger partial charge on any atom is 0.217 e. The Kier molecular flexibility index (Phi) is 8.54. The molecule has 0 unspecified atom stereocenters. The fourth-order valence-electron chi connectivity index (χ4n) is 6.70. The fraction of sp³-hybridized carbons (Fsp3) is 0. The maximum absolute atomic E-state index is 4.63. The summed E-state index contributed by atoms with van der Waals surface area (Å²) in [7, 11) is 0. The molecule has 9 rings (SSSR count). The van der Waals surface area contributed by atoms with E-state index in [1.807, 2.05) is 36.4 Å². The van der Waals surface area contributed by atoms with Crippen LogP contribution in [0.25, 0.3) is 68.1 Å². The molecule has 2 heterocycles. The van der Waals surface area contributed by atoms with Gasteiger partial charge in [-0.25, -0.2) is 4.49 Å². The van der Waals surface area contributed by atoms with Gasteiger partial charge in [-0.15, -0.1) is 10.2 Å². The van der Waals surface area contributed by atoms with Crippen molar-refractivity contribution in [2.24, 2.45) is 0 Å². The van der Waals surface area contributed by atoms with Crippen LogP contribution in [-0.4, -0.2) is 19.8 Å². The molecule has 0 aliphatic rings. The third-order valence-corrected chi connectivity index (χ3v) is 10.6. The zero-order valence-corrected chi connectivity index (χ0v) is 29.6. The molecule has 2 aromatic heterocycles. The van der Waals surface area contributed by atoms with E-state index in [-0.39, 0.29) is 0 Å². The van der Waals surface area contributed by atoms with Gasteiger partial charge in [0, 0.05) is 11.4 Å².